The molecule has 5 amide bonds. The molecule has 3 atom stereocenters. The molecule has 0 aliphatic carbocycles. The molecule has 6 aromatic carbocycles. The third-order valence-electron chi connectivity index (χ3n) is 15.9. The highest BCUT2D eigenvalue weighted by atomic mass is 19.2. The summed E-state index contributed by atoms with van der Waals surface area (Å²) in [4.78, 5) is 61.0. The highest BCUT2D eigenvalue weighted by Crippen LogP contribution is 2.46. The Bertz CT molecular complexity index is 4350. The van der Waals surface area contributed by atoms with E-state index in [4.69, 9.17) is 52.1 Å². The number of para-hydroxylation sites is 3. The van der Waals surface area contributed by atoms with Gasteiger partial charge in [0.2, 0.25) is 17.6 Å². The summed E-state index contributed by atoms with van der Waals surface area (Å²) in [6.07, 6.45) is 4.47. The summed E-state index contributed by atoms with van der Waals surface area (Å²) >= 11 is 0. The van der Waals surface area contributed by atoms with Gasteiger partial charge in [-0.2, -0.15) is 15.3 Å². The van der Waals surface area contributed by atoms with Gasteiger partial charge in [0.15, 0.2) is 23.1 Å². The molecule has 3 unspecified atom stereocenters. The van der Waals surface area contributed by atoms with Crippen LogP contribution in [-0.2, 0) is 9.59 Å². The molecule has 3 aromatic heterocycles. The second-order valence-corrected chi connectivity index (χ2v) is 21.3. The van der Waals surface area contributed by atoms with E-state index in [0.29, 0.717) is 107 Å². The summed E-state index contributed by atoms with van der Waals surface area (Å²) in [6.45, 7) is 8.78. The van der Waals surface area contributed by atoms with Gasteiger partial charge in [-0.05, 0) is 110 Å². The maximum absolute atomic E-state index is 13.8. The summed E-state index contributed by atoms with van der Waals surface area (Å²) in [5.74, 6) is -1.11. The number of halogens is 2. The molecule has 478 valence electrons. The molecule has 6 heterocycles. The molecule has 93 heavy (non-hydrogen) atoms. The summed E-state index contributed by atoms with van der Waals surface area (Å²) in [5, 5.41) is 29.4. The number of carbonyl (C=O) groups excluding carboxylic acids is 5. The lowest BCUT2D eigenvalue weighted by Crippen LogP contribution is -2.27. The van der Waals surface area contributed by atoms with Crippen LogP contribution < -0.4 is 68.5 Å². The van der Waals surface area contributed by atoms with Crippen molar-refractivity contribution in [2.24, 2.45) is 17.2 Å². The maximum Gasteiger partial charge on any atom is 0.254 e. The Morgan fingerprint density at radius 2 is 0.903 bits per heavy atom. The molecule has 3 aliphatic heterocycles. The lowest BCUT2D eigenvalue weighted by Gasteiger charge is -2.28. The molecule has 0 spiro atoms. The van der Waals surface area contributed by atoms with Crippen LogP contribution >= 0.6 is 0 Å². The van der Waals surface area contributed by atoms with Crippen molar-refractivity contribution >= 4 is 64.1 Å². The number of carbonyl (C=O) groups is 5. The van der Waals surface area contributed by atoms with E-state index < -0.39 is 29.4 Å². The van der Waals surface area contributed by atoms with E-state index in [0.717, 1.165) is 46.6 Å². The lowest BCUT2D eigenvalue weighted by molar-refractivity contribution is -0.112. The molecule has 13 N–H and O–H groups in total. The fourth-order valence-electron chi connectivity index (χ4n) is 11.6. The average Bonchev–Trinajstić information content (AvgIpc) is 1.63. The number of nitrogens with one attached hydrogen (secondary N) is 5. The Balaban J connectivity index is 0.000000154. The highest BCUT2D eigenvalue weighted by Gasteiger charge is 2.36. The Morgan fingerprint density at radius 3 is 1.30 bits per heavy atom. The van der Waals surface area contributed by atoms with E-state index >= 15 is 0 Å². The van der Waals surface area contributed by atoms with Gasteiger partial charge in [-0.3, -0.25) is 24.0 Å². The van der Waals surface area contributed by atoms with Gasteiger partial charge in [0, 0.05) is 64.5 Å². The van der Waals surface area contributed by atoms with Gasteiger partial charge in [-0.15, -0.1) is 0 Å². The standard InChI is InChI=1S/C25H27N5O5.C22H19F2N5O2.C20H21N5O2/c1-5-20(31)28-16-9-7-6-8-15(16)17-10-11-27-25-21(24(26)32)22(29-30(17)25)14-12-18(33-2)23(35-4)19(13-14)34-3;1-2-18(30)27-16-6-4-3-5-13(16)17-9-10-26-22-19(21(25)31)20(28-29(17)22)12-7-8-14(23)15(24)11-12;1-27-13-8-6-12(7-9-13)18-17(19(22)26)20-23-11-10-16(25(20)24-18)14-4-2-3-5-15(14)21/h5-9,12-13,17,27H,1,10-11H2,2-4H3,(H2,26,32)(H,28,31);2-8,11,17,26H,1,9-10H2,(H2,25,31)(H,27,30);2-9,16,23H,10-11,21H2,1H3,(H2,22,26). The lowest BCUT2D eigenvalue weighted by atomic mass is 9.99. The number of benzene rings is 6. The second-order valence-electron chi connectivity index (χ2n) is 21.3. The van der Waals surface area contributed by atoms with Crippen molar-refractivity contribution in [3.05, 3.63) is 198 Å². The number of nitrogens with zero attached hydrogens (tertiary/aromatic N) is 6. The number of nitrogens with two attached hydrogens (primary N) is 4. The van der Waals surface area contributed by atoms with E-state index in [1.807, 2.05) is 89.6 Å². The van der Waals surface area contributed by atoms with E-state index in [9.17, 15) is 32.8 Å². The van der Waals surface area contributed by atoms with E-state index in [-0.39, 0.29) is 52.3 Å². The van der Waals surface area contributed by atoms with E-state index in [1.54, 1.807) is 40.7 Å². The van der Waals surface area contributed by atoms with Gasteiger partial charge in [-0.1, -0.05) is 67.8 Å². The number of anilines is 6. The number of primary amides is 3. The minimum absolute atomic E-state index is 0.0625. The zero-order valence-electron chi connectivity index (χ0n) is 51.1. The Hall–Kier alpha value is -12.0. The number of amides is 5. The molecule has 9 aromatic rings. The SMILES string of the molecule is C=CC(=O)Nc1ccccc1C1CCNc2c(C(N)=O)c(-c3cc(OC)c(OC)c(OC)c3)nn21.C=CC(=O)Nc1ccccc1C1CCNc2c(C(N)=O)c(-c3ccc(F)c(F)c3)nn21.COc1ccc(-c2nn3c(c2C(N)=O)NCCC3c2ccccc2N)cc1. The maximum atomic E-state index is 13.8. The zero-order chi connectivity index (χ0) is 66.2. The number of hydrogen-bond acceptors (Lipinski definition) is 16. The number of ether oxygens (including phenoxy) is 4. The van der Waals surface area contributed by atoms with Crippen molar-refractivity contribution in [3.8, 4) is 56.8 Å². The first-order valence-electron chi connectivity index (χ1n) is 29.2. The summed E-state index contributed by atoms with van der Waals surface area (Å²) < 4.78 is 54.0. The van der Waals surface area contributed by atoms with E-state index in [2.05, 4.69) is 44.8 Å². The van der Waals surface area contributed by atoms with Gasteiger partial charge in [0.1, 0.15) is 57.0 Å². The van der Waals surface area contributed by atoms with Crippen molar-refractivity contribution in [1.82, 2.24) is 29.3 Å². The molecule has 12 rings (SSSR count). The normalized spacial score (nSPS) is 14.9. The molecular formula is C67H67F2N15O9. The van der Waals surface area contributed by atoms with Crippen LogP contribution in [-0.4, -0.2) is 107 Å². The smallest absolute Gasteiger partial charge is 0.254 e. The molecule has 26 heteroatoms. The minimum atomic E-state index is -1.05. The van der Waals surface area contributed by atoms with Gasteiger partial charge in [-0.25, -0.2) is 22.8 Å². The summed E-state index contributed by atoms with van der Waals surface area (Å²) in [7, 11) is 6.15. The quantitative estimate of drug-likeness (QED) is 0.0303. The van der Waals surface area contributed by atoms with Crippen molar-refractivity contribution in [3.63, 3.8) is 0 Å². The van der Waals surface area contributed by atoms with Crippen molar-refractivity contribution < 1.29 is 51.7 Å². The van der Waals surface area contributed by atoms with E-state index in [1.165, 1.54) is 39.5 Å². The Labute approximate surface area is 532 Å². The first kappa shape index (κ1) is 64.0. The Morgan fingerprint density at radius 1 is 0.505 bits per heavy atom. The number of nitrogen functional groups attached to an aromatic ring is 1. The van der Waals surface area contributed by atoms with Crippen LogP contribution in [0.5, 0.6) is 23.0 Å². The van der Waals surface area contributed by atoms with Crippen LogP contribution in [0.3, 0.4) is 0 Å². The van der Waals surface area contributed by atoms with Crippen molar-refractivity contribution in [2.45, 2.75) is 37.4 Å². The third-order valence-corrected chi connectivity index (χ3v) is 15.9. The molecule has 3 aliphatic rings. The molecule has 0 radical (unpaired) electrons. The van der Waals surface area contributed by atoms with Gasteiger partial charge in [0.05, 0.1) is 46.6 Å². The minimum Gasteiger partial charge on any atom is -0.497 e. The molecule has 24 nitrogen and oxygen atoms in total. The topological polar surface area (TPSA) is 340 Å². The predicted octanol–water partition coefficient (Wildman–Crippen LogP) is 9.31. The van der Waals surface area contributed by atoms with Crippen LogP contribution in [0.4, 0.5) is 43.3 Å². The van der Waals surface area contributed by atoms with Crippen LogP contribution in [0.1, 0.15) is 85.2 Å². The first-order valence-corrected chi connectivity index (χ1v) is 29.2. The second kappa shape index (κ2) is 27.8. The number of hydrogen-bond donors (Lipinski definition) is 9. The highest BCUT2D eigenvalue weighted by molar-refractivity contribution is 6.06. The fourth-order valence-corrected chi connectivity index (χ4v) is 11.6. The third kappa shape index (κ3) is 12.9. The molecule has 0 bridgehead atoms. The van der Waals surface area contributed by atoms with Crippen molar-refractivity contribution in [1.29, 1.82) is 0 Å². The molecule has 0 saturated carbocycles. The van der Waals surface area contributed by atoms with Crippen LogP contribution in [0, 0.1) is 11.6 Å². The first-order chi connectivity index (χ1) is 44.9. The van der Waals surface area contributed by atoms with Gasteiger partial charge < -0.3 is 68.5 Å². The number of aromatic nitrogens is 6. The molecule has 0 fully saturated rings. The van der Waals surface area contributed by atoms with Crippen LogP contribution in [0.2, 0.25) is 0 Å². The number of methoxy groups -OCH3 is 4. The predicted molar refractivity (Wildman–Crippen MR) is 350 cm³/mol. The number of rotatable bonds is 17. The average molecular weight is 1260 g/mol. The molecule has 0 saturated heterocycles. The van der Waals surface area contributed by atoms with Crippen LogP contribution in [0.15, 0.2) is 153 Å². The Kier molecular flexibility index (Phi) is 19.2. The van der Waals surface area contributed by atoms with Gasteiger partial charge >= 0.3 is 0 Å². The van der Waals surface area contributed by atoms with Crippen LogP contribution in [0.25, 0.3) is 33.8 Å². The number of fused-ring (bicyclic) bond motifs is 3. The largest absolute Gasteiger partial charge is 0.497 e. The fraction of sp³-hybridized carbons (Fsp3) is 0.194. The zero-order valence-corrected chi connectivity index (χ0v) is 51.1. The molecular weight excluding hydrogens is 1200 g/mol. The van der Waals surface area contributed by atoms with Crippen molar-refractivity contribution in [2.75, 3.05) is 80.4 Å². The van der Waals surface area contributed by atoms with Gasteiger partial charge in [0.25, 0.3) is 17.7 Å². The summed E-state index contributed by atoms with van der Waals surface area (Å²) in [6, 6.07) is 35.9. The summed E-state index contributed by atoms with van der Waals surface area (Å²) in [5.41, 5.74) is 31.3. The monoisotopic (exact) mass is 1260 g/mol.